The summed E-state index contributed by atoms with van der Waals surface area (Å²) in [6, 6.07) is 2.29. The molecule has 7 nitrogen and oxygen atoms in total. The summed E-state index contributed by atoms with van der Waals surface area (Å²) in [5.41, 5.74) is 0. The molecule has 3 fully saturated rings. The fourth-order valence-electron chi connectivity index (χ4n) is 3.75. The minimum atomic E-state index is 0.173. The topological polar surface area (TPSA) is 61.8 Å². The number of likely N-dealkylation sites (tertiary alicyclic amines) is 1. The first-order valence-electron chi connectivity index (χ1n) is 7.98. The summed E-state index contributed by atoms with van der Waals surface area (Å²) in [4.78, 5) is 27.6. The van der Waals surface area contributed by atoms with Crippen molar-refractivity contribution in [3.05, 3.63) is 18.5 Å². The van der Waals surface area contributed by atoms with Gasteiger partial charge in [0.1, 0.15) is 0 Å². The van der Waals surface area contributed by atoms with Crippen molar-refractivity contribution >= 4 is 12.0 Å². The lowest BCUT2D eigenvalue weighted by molar-refractivity contribution is 0.0423. The van der Waals surface area contributed by atoms with Crippen molar-refractivity contribution < 1.29 is 9.53 Å². The van der Waals surface area contributed by atoms with Gasteiger partial charge < -0.3 is 19.4 Å². The van der Waals surface area contributed by atoms with Crippen LogP contribution < -0.4 is 4.90 Å². The lowest BCUT2D eigenvalue weighted by atomic mass is 10.1. The fourth-order valence-corrected chi connectivity index (χ4v) is 3.75. The van der Waals surface area contributed by atoms with Crippen LogP contribution in [-0.4, -0.2) is 77.8 Å². The number of carbonyl (C=O) groups is 1. The van der Waals surface area contributed by atoms with Crippen LogP contribution in [0.1, 0.15) is 6.42 Å². The minimum Gasteiger partial charge on any atom is -0.378 e. The van der Waals surface area contributed by atoms with Crippen LogP contribution in [0.4, 0.5) is 10.7 Å². The zero-order chi connectivity index (χ0) is 14.9. The molecule has 22 heavy (non-hydrogen) atoms. The summed E-state index contributed by atoms with van der Waals surface area (Å²) in [6.07, 6.45) is 4.62. The maximum atomic E-state index is 12.7. The van der Waals surface area contributed by atoms with Crippen molar-refractivity contribution in [3.63, 3.8) is 0 Å². The highest BCUT2D eigenvalue weighted by atomic mass is 16.5. The molecular weight excluding hydrogens is 282 g/mol. The first kappa shape index (κ1) is 13.8. The van der Waals surface area contributed by atoms with Crippen LogP contribution in [0.5, 0.6) is 0 Å². The Morgan fingerprint density at radius 2 is 1.91 bits per heavy atom. The third kappa shape index (κ3) is 2.39. The Bertz CT molecular complexity index is 534. The molecule has 1 aromatic rings. The Labute approximate surface area is 129 Å². The molecule has 0 unspecified atom stereocenters. The molecule has 2 atom stereocenters. The largest absolute Gasteiger partial charge is 0.378 e. The van der Waals surface area contributed by atoms with Gasteiger partial charge in [-0.25, -0.2) is 14.8 Å². The van der Waals surface area contributed by atoms with E-state index in [1.54, 1.807) is 12.4 Å². The first-order valence-corrected chi connectivity index (χ1v) is 7.98. The predicted molar refractivity (Wildman–Crippen MR) is 80.6 cm³/mol. The Morgan fingerprint density at radius 3 is 2.68 bits per heavy atom. The van der Waals surface area contributed by atoms with Crippen molar-refractivity contribution in [2.24, 2.45) is 5.92 Å². The van der Waals surface area contributed by atoms with E-state index in [-0.39, 0.29) is 6.03 Å². The van der Waals surface area contributed by atoms with Crippen LogP contribution in [0, 0.1) is 5.92 Å². The van der Waals surface area contributed by atoms with Gasteiger partial charge in [-0.3, -0.25) is 0 Å². The second kappa shape index (κ2) is 5.72. The number of carbonyl (C=O) groups excluding carboxylic acids is 1. The third-order valence-electron chi connectivity index (χ3n) is 4.91. The highest BCUT2D eigenvalue weighted by Crippen LogP contribution is 2.33. The number of fused-ring (bicyclic) bond motifs is 1. The van der Waals surface area contributed by atoms with E-state index < -0.39 is 0 Å². The van der Waals surface area contributed by atoms with E-state index in [2.05, 4.69) is 19.8 Å². The molecule has 0 N–H and O–H groups in total. The van der Waals surface area contributed by atoms with Gasteiger partial charge >= 0.3 is 6.03 Å². The van der Waals surface area contributed by atoms with E-state index in [1.807, 2.05) is 11.0 Å². The minimum absolute atomic E-state index is 0.173. The molecule has 7 heteroatoms. The van der Waals surface area contributed by atoms with Gasteiger partial charge in [-0.15, -0.1) is 0 Å². The van der Waals surface area contributed by atoms with E-state index in [4.69, 9.17) is 4.74 Å². The summed E-state index contributed by atoms with van der Waals surface area (Å²) in [5, 5.41) is 0. The average molecular weight is 303 g/mol. The lowest BCUT2D eigenvalue weighted by Gasteiger charge is -2.33. The molecule has 3 aliphatic heterocycles. The van der Waals surface area contributed by atoms with E-state index in [0.717, 1.165) is 32.0 Å². The van der Waals surface area contributed by atoms with Gasteiger partial charge in [-0.05, 0) is 12.5 Å². The molecule has 4 rings (SSSR count). The molecular formula is C15H21N5O2. The maximum absolute atomic E-state index is 12.7. The van der Waals surface area contributed by atoms with Crippen LogP contribution in [0.2, 0.25) is 0 Å². The van der Waals surface area contributed by atoms with Crippen molar-refractivity contribution in [1.82, 2.24) is 19.8 Å². The molecule has 4 heterocycles. The zero-order valence-corrected chi connectivity index (χ0v) is 12.6. The van der Waals surface area contributed by atoms with Gasteiger partial charge in [0, 0.05) is 51.0 Å². The molecule has 3 aliphatic rings. The highest BCUT2D eigenvalue weighted by molar-refractivity contribution is 5.75. The van der Waals surface area contributed by atoms with Crippen molar-refractivity contribution in [2.45, 2.75) is 12.5 Å². The maximum Gasteiger partial charge on any atom is 0.320 e. The van der Waals surface area contributed by atoms with Gasteiger partial charge in [0.05, 0.1) is 19.3 Å². The first-order chi connectivity index (χ1) is 10.8. The second-order valence-electron chi connectivity index (χ2n) is 6.15. The second-order valence-corrected chi connectivity index (χ2v) is 6.15. The molecule has 118 valence electrons. The number of rotatable bonds is 1. The van der Waals surface area contributed by atoms with E-state index in [9.17, 15) is 4.79 Å². The molecule has 0 aromatic carbocycles. The Kier molecular flexibility index (Phi) is 3.57. The number of aromatic nitrogens is 2. The Morgan fingerprint density at radius 1 is 1.14 bits per heavy atom. The van der Waals surface area contributed by atoms with Gasteiger partial charge in [-0.1, -0.05) is 0 Å². The number of hydrogen-bond acceptors (Lipinski definition) is 5. The molecule has 0 bridgehead atoms. The van der Waals surface area contributed by atoms with Crippen LogP contribution >= 0.6 is 0 Å². The molecule has 2 amide bonds. The number of hydrogen-bond donors (Lipinski definition) is 0. The fraction of sp³-hybridized carbons (Fsp3) is 0.667. The molecule has 3 saturated heterocycles. The van der Waals surface area contributed by atoms with Gasteiger partial charge in [0.2, 0.25) is 5.95 Å². The molecule has 0 aliphatic carbocycles. The van der Waals surface area contributed by atoms with Crippen LogP contribution in [0.15, 0.2) is 18.5 Å². The zero-order valence-electron chi connectivity index (χ0n) is 12.6. The normalized spacial score (nSPS) is 28.1. The predicted octanol–water partition coefficient (Wildman–Crippen LogP) is 0.439. The summed E-state index contributed by atoms with van der Waals surface area (Å²) in [7, 11) is 0. The number of anilines is 1. The van der Waals surface area contributed by atoms with E-state index in [1.165, 1.54) is 0 Å². The quantitative estimate of drug-likeness (QED) is 0.753. The third-order valence-corrected chi connectivity index (χ3v) is 4.91. The number of urea groups is 1. The molecule has 1 aromatic heterocycles. The van der Waals surface area contributed by atoms with Gasteiger partial charge in [-0.2, -0.15) is 0 Å². The van der Waals surface area contributed by atoms with Gasteiger partial charge in [0.25, 0.3) is 0 Å². The van der Waals surface area contributed by atoms with Crippen LogP contribution in [0.25, 0.3) is 0 Å². The number of morpholine rings is 1. The average Bonchev–Trinajstić information content (AvgIpc) is 3.16. The van der Waals surface area contributed by atoms with E-state index in [0.29, 0.717) is 38.3 Å². The summed E-state index contributed by atoms with van der Waals surface area (Å²) >= 11 is 0. The Balaban J connectivity index is 1.45. The summed E-state index contributed by atoms with van der Waals surface area (Å²) in [5.74, 6) is 1.31. The lowest BCUT2D eigenvalue weighted by Crippen LogP contribution is -2.51. The van der Waals surface area contributed by atoms with Crippen LogP contribution in [0.3, 0.4) is 0 Å². The number of ether oxygens (including phenoxy) is 1. The standard InChI is InChI=1S/C15H21N5O2/c21-15(18-6-8-22-9-7-18)20-5-2-12-10-19(11-13(12)20)14-16-3-1-4-17-14/h1,3-4,12-13H,2,5-11H2/t12-,13+/m0/s1. The monoisotopic (exact) mass is 303 g/mol. The van der Waals surface area contributed by atoms with E-state index >= 15 is 0 Å². The SMILES string of the molecule is O=C(N1CCOCC1)N1CC[C@H]2CN(c3ncccn3)C[C@H]21. The molecule has 0 saturated carbocycles. The summed E-state index contributed by atoms with van der Waals surface area (Å²) in [6.45, 7) is 5.37. The smallest absolute Gasteiger partial charge is 0.320 e. The molecule has 0 radical (unpaired) electrons. The van der Waals surface area contributed by atoms with Crippen molar-refractivity contribution in [3.8, 4) is 0 Å². The van der Waals surface area contributed by atoms with Crippen molar-refractivity contribution in [2.75, 3.05) is 50.8 Å². The summed E-state index contributed by atoms with van der Waals surface area (Å²) < 4.78 is 5.34. The van der Waals surface area contributed by atoms with Gasteiger partial charge in [0.15, 0.2) is 0 Å². The number of amides is 2. The van der Waals surface area contributed by atoms with Crippen LogP contribution in [-0.2, 0) is 4.74 Å². The Hall–Kier alpha value is -1.89. The highest BCUT2D eigenvalue weighted by Gasteiger charge is 2.45. The number of nitrogens with zero attached hydrogens (tertiary/aromatic N) is 5. The van der Waals surface area contributed by atoms with Crippen molar-refractivity contribution in [1.29, 1.82) is 0 Å². The molecule has 0 spiro atoms.